The van der Waals surface area contributed by atoms with Crippen molar-refractivity contribution >= 4 is 11.3 Å². The summed E-state index contributed by atoms with van der Waals surface area (Å²) in [6, 6.07) is 0. The normalized spacial score (nSPS) is 19.4. The second-order valence-corrected chi connectivity index (χ2v) is 5.23. The first-order chi connectivity index (χ1) is 8.28. The number of hydrogen-bond acceptors (Lipinski definition) is 6. The van der Waals surface area contributed by atoms with Crippen LogP contribution in [-0.4, -0.2) is 15.1 Å². The molecule has 1 saturated carbocycles. The largest absolute Gasteiger partial charge is 0.337 e. The number of nitrogens with two attached hydrogens (primary N) is 1. The van der Waals surface area contributed by atoms with Gasteiger partial charge in [0.15, 0.2) is 0 Å². The molecule has 2 aromatic rings. The van der Waals surface area contributed by atoms with E-state index in [2.05, 4.69) is 15.1 Å². The van der Waals surface area contributed by atoms with Gasteiger partial charge in [-0.3, -0.25) is 0 Å². The van der Waals surface area contributed by atoms with Crippen molar-refractivity contribution in [3.63, 3.8) is 0 Å². The lowest BCUT2D eigenvalue weighted by Gasteiger charge is -2.29. The Morgan fingerprint density at radius 2 is 2.12 bits per heavy atom. The molecule has 0 spiro atoms. The van der Waals surface area contributed by atoms with E-state index < -0.39 is 5.54 Å². The van der Waals surface area contributed by atoms with Crippen molar-refractivity contribution in [2.75, 3.05) is 0 Å². The van der Waals surface area contributed by atoms with Gasteiger partial charge in [0.05, 0.1) is 11.0 Å². The molecule has 2 N–H and O–H groups in total. The molecule has 5 nitrogen and oxygen atoms in total. The molecule has 0 saturated heterocycles. The van der Waals surface area contributed by atoms with Gasteiger partial charge in [-0.1, -0.05) is 24.4 Å². The van der Waals surface area contributed by atoms with E-state index in [1.165, 1.54) is 17.8 Å². The zero-order valence-corrected chi connectivity index (χ0v) is 10.2. The molecule has 1 aliphatic carbocycles. The third-order valence-corrected chi connectivity index (χ3v) is 3.85. The van der Waals surface area contributed by atoms with Gasteiger partial charge in [-0.2, -0.15) is 4.98 Å². The van der Waals surface area contributed by atoms with Crippen LogP contribution < -0.4 is 5.73 Å². The number of nitrogens with zero attached hydrogens (tertiary/aromatic N) is 3. The molecule has 2 aromatic heterocycles. The maximum Gasteiger partial charge on any atom is 0.247 e. The molecule has 0 radical (unpaired) electrons. The van der Waals surface area contributed by atoms with Crippen molar-refractivity contribution in [2.45, 2.75) is 37.6 Å². The standard InChI is InChI=1S/C11H14N4OS/c12-11(4-2-1-3-5-11)10-14-9(15-16-10)8-6-17-7-13-8/h6-7H,1-5,12H2. The zero-order chi connectivity index (χ0) is 11.7. The summed E-state index contributed by atoms with van der Waals surface area (Å²) in [4.78, 5) is 8.55. The van der Waals surface area contributed by atoms with Crippen LogP contribution in [0.1, 0.15) is 38.0 Å². The van der Waals surface area contributed by atoms with Gasteiger partial charge in [0.25, 0.3) is 0 Å². The fraction of sp³-hybridized carbons (Fsp3) is 0.545. The Balaban J connectivity index is 1.89. The molecule has 0 bridgehead atoms. The minimum atomic E-state index is -0.431. The first kappa shape index (κ1) is 10.9. The van der Waals surface area contributed by atoms with Crippen molar-refractivity contribution in [3.8, 4) is 11.5 Å². The summed E-state index contributed by atoms with van der Waals surface area (Å²) in [7, 11) is 0. The van der Waals surface area contributed by atoms with Gasteiger partial charge >= 0.3 is 0 Å². The van der Waals surface area contributed by atoms with Gasteiger partial charge in [-0.05, 0) is 12.8 Å². The second-order valence-electron chi connectivity index (χ2n) is 4.51. The fourth-order valence-corrected chi connectivity index (χ4v) is 2.78. The van der Waals surface area contributed by atoms with Crippen LogP contribution in [0.3, 0.4) is 0 Å². The van der Waals surface area contributed by atoms with Crippen LogP contribution in [0.2, 0.25) is 0 Å². The maximum absolute atomic E-state index is 6.33. The van der Waals surface area contributed by atoms with Crippen molar-refractivity contribution in [3.05, 3.63) is 16.8 Å². The summed E-state index contributed by atoms with van der Waals surface area (Å²) < 4.78 is 5.31. The highest BCUT2D eigenvalue weighted by Crippen LogP contribution is 2.34. The topological polar surface area (TPSA) is 77.8 Å². The van der Waals surface area contributed by atoms with E-state index in [-0.39, 0.29) is 0 Å². The second kappa shape index (κ2) is 4.19. The monoisotopic (exact) mass is 250 g/mol. The summed E-state index contributed by atoms with van der Waals surface area (Å²) in [6.45, 7) is 0. The molecule has 90 valence electrons. The highest BCUT2D eigenvalue weighted by atomic mass is 32.1. The maximum atomic E-state index is 6.33. The Morgan fingerprint density at radius 3 is 2.82 bits per heavy atom. The molecule has 0 aliphatic heterocycles. The number of aromatic nitrogens is 3. The quantitative estimate of drug-likeness (QED) is 0.884. The SMILES string of the molecule is NC1(c2nc(-c3cscn3)no2)CCCCC1. The van der Waals surface area contributed by atoms with Gasteiger partial charge in [-0.15, -0.1) is 11.3 Å². The minimum Gasteiger partial charge on any atom is -0.337 e. The Bertz CT molecular complexity index is 487. The summed E-state index contributed by atoms with van der Waals surface area (Å²) >= 11 is 1.51. The third-order valence-electron chi connectivity index (χ3n) is 3.26. The van der Waals surface area contributed by atoms with E-state index in [9.17, 15) is 0 Å². The number of rotatable bonds is 2. The minimum absolute atomic E-state index is 0.431. The van der Waals surface area contributed by atoms with Crippen LogP contribution in [-0.2, 0) is 5.54 Å². The first-order valence-corrected chi connectivity index (χ1v) is 6.74. The molecule has 3 rings (SSSR count). The van der Waals surface area contributed by atoms with Crippen LogP contribution in [0.15, 0.2) is 15.4 Å². The predicted octanol–water partition coefficient (Wildman–Crippen LogP) is 2.31. The van der Waals surface area contributed by atoms with Crippen molar-refractivity contribution in [1.29, 1.82) is 0 Å². The van der Waals surface area contributed by atoms with E-state index in [0.717, 1.165) is 31.4 Å². The highest BCUT2D eigenvalue weighted by Gasteiger charge is 2.35. The predicted molar refractivity (Wildman–Crippen MR) is 64.4 cm³/mol. The molecule has 1 fully saturated rings. The summed E-state index contributed by atoms with van der Waals surface area (Å²) in [5, 5.41) is 5.86. The van der Waals surface area contributed by atoms with Crippen LogP contribution in [0.4, 0.5) is 0 Å². The summed E-state index contributed by atoms with van der Waals surface area (Å²) in [6.07, 6.45) is 5.35. The molecule has 0 unspecified atom stereocenters. The Hall–Kier alpha value is -1.27. The van der Waals surface area contributed by atoms with Gasteiger partial charge in [0.1, 0.15) is 5.69 Å². The molecule has 17 heavy (non-hydrogen) atoms. The number of hydrogen-bond donors (Lipinski definition) is 1. The first-order valence-electron chi connectivity index (χ1n) is 5.80. The molecule has 2 heterocycles. The van der Waals surface area contributed by atoms with Gasteiger partial charge in [-0.25, -0.2) is 4.98 Å². The lowest BCUT2D eigenvalue weighted by atomic mass is 9.82. The average molecular weight is 250 g/mol. The highest BCUT2D eigenvalue weighted by molar-refractivity contribution is 7.07. The van der Waals surface area contributed by atoms with Crippen molar-refractivity contribution in [1.82, 2.24) is 15.1 Å². The van der Waals surface area contributed by atoms with E-state index in [0.29, 0.717) is 11.7 Å². The lowest BCUT2D eigenvalue weighted by molar-refractivity contribution is 0.220. The molecule has 0 aromatic carbocycles. The van der Waals surface area contributed by atoms with Crippen LogP contribution >= 0.6 is 11.3 Å². The van der Waals surface area contributed by atoms with E-state index in [1.807, 2.05) is 5.38 Å². The summed E-state index contributed by atoms with van der Waals surface area (Å²) in [5.41, 5.74) is 8.41. The van der Waals surface area contributed by atoms with E-state index in [1.54, 1.807) is 5.51 Å². The van der Waals surface area contributed by atoms with Gasteiger partial charge in [0, 0.05) is 5.38 Å². The Labute approximate surface area is 103 Å². The van der Waals surface area contributed by atoms with Crippen LogP contribution in [0.5, 0.6) is 0 Å². The molecule has 0 atom stereocenters. The van der Waals surface area contributed by atoms with Crippen LogP contribution in [0.25, 0.3) is 11.5 Å². The van der Waals surface area contributed by atoms with Gasteiger partial charge in [0.2, 0.25) is 11.7 Å². The fourth-order valence-electron chi connectivity index (χ4n) is 2.25. The van der Waals surface area contributed by atoms with Crippen molar-refractivity contribution < 1.29 is 4.52 Å². The molecule has 0 amide bonds. The van der Waals surface area contributed by atoms with Crippen LogP contribution in [0, 0.1) is 0 Å². The van der Waals surface area contributed by atoms with Crippen molar-refractivity contribution in [2.24, 2.45) is 5.73 Å². The summed E-state index contributed by atoms with van der Waals surface area (Å²) in [5.74, 6) is 1.09. The zero-order valence-electron chi connectivity index (χ0n) is 9.43. The van der Waals surface area contributed by atoms with E-state index >= 15 is 0 Å². The molecular weight excluding hydrogens is 236 g/mol. The van der Waals surface area contributed by atoms with E-state index in [4.69, 9.17) is 10.3 Å². The molecular formula is C11H14N4OS. The average Bonchev–Trinajstić information content (AvgIpc) is 3.01. The number of thiazole rings is 1. The lowest BCUT2D eigenvalue weighted by Crippen LogP contribution is -2.38. The Kier molecular flexibility index (Phi) is 2.68. The third kappa shape index (κ3) is 1.98. The molecule has 6 heteroatoms. The Morgan fingerprint density at radius 1 is 1.29 bits per heavy atom. The van der Waals surface area contributed by atoms with Gasteiger partial charge < -0.3 is 10.3 Å². The smallest absolute Gasteiger partial charge is 0.247 e. The molecule has 1 aliphatic rings.